The summed E-state index contributed by atoms with van der Waals surface area (Å²) in [4.78, 5) is 28.2. The minimum Gasteiger partial charge on any atom is -0.337 e. The van der Waals surface area contributed by atoms with Crippen LogP contribution in [0.15, 0.2) is 18.2 Å². The lowest BCUT2D eigenvalue weighted by molar-refractivity contribution is -0.114. The summed E-state index contributed by atoms with van der Waals surface area (Å²) < 4.78 is 0. The SMILES string of the molecule is CC(=O)Nc1ccc(C(=O)N2CCCN(CC(C)C)CC2)c(Cl)c1. The van der Waals surface area contributed by atoms with E-state index in [0.29, 0.717) is 22.2 Å². The number of rotatable bonds is 4. The van der Waals surface area contributed by atoms with Gasteiger partial charge in [0.25, 0.3) is 5.91 Å². The van der Waals surface area contributed by atoms with Crippen molar-refractivity contribution >= 4 is 29.1 Å². The molecule has 5 nitrogen and oxygen atoms in total. The Morgan fingerprint density at radius 2 is 1.96 bits per heavy atom. The number of nitrogens with zero attached hydrogens (tertiary/aromatic N) is 2. The second kappa shape index (κ2) is 8.49. The van der Waals surface area contributed by atoms with Gasteiger partial charge < -0.3 is 15.1 Å². The average molecular weight is 352 g/mol. The Balaban J connectivity index is 2.04. The number of carbonyl (C=O) groups excluding carboxylic acids is 2. The summed E-state index contributed by atoms with van der Waals surface area (Å²) >= 11 is 6.26. The summed E-state index contributed by atoms with van der Waals surface area (Å²) in [5.74, 6) is 0.423. The maximum absolute atomic E-state index is 12.8. The van der Waals surface area contributed by atoms with Gasteiger partial charge in [0.15, 0.2) is 0 Å². The van der Waals surface area contributed by atoms with Crippen molar-refractivity contribution in [2.45, 2.75) is 27.2 Å². The zero-order chi connectivity index (χ0) is 17.7. The van der Waals surface area contributed by atoms with E-state index in [1.807, 2.05) is 4.90 Å². The topological polar surface area (TPSA) is 52.7 Å². The van der Waals surface area contributed by atoms with Crippen LogP contribution in [0.25, 0.3) is 0 Å². The maximum Gasteiger partial charge on any atom is 0.255 e. The molecule has 0 bridgehead atoms. The van der Waals surface area contributed by atoms with E-state index in [1.54, 1.807) is 18.2 Å². The van der Waals surface area contributed by atoms with Crippen LogP contribution in [0.2, 0.25) is 5.02 Å². The van der Waals surface area contributed by atoms with Crippen LogP contribution >= 0.6 is 11.6 Å². The van der Waals surface area contributed by atoms with E-state index < -0.39 is 0 Å². The van der Waals surface area contributed by atoms with Crippen LogP contribution in [0, 0.1) is 5.92 Å². The molecule has 6 heteroatoms. The summed E-state index contributed by atoms with van der Waals surface area (Å²) in [6, 6.07) is 5.02. The third-order valence-corrected chi connectivity index (χ3v) is 4.33. The van der Waals surface area contributed by atoms with Gasteiger partial charge in [-0.3, -0.25) is 9.59 Å². The van der Waals surface area contributed by atoms with Crippen LogP contribution in [0.5, 0.6) is 0 Å². The molecule has 0 spiro atoms. The molecule has 1 aromatic rings. The zero-order valence-electron chi connectivity index (χ0n) is 14.6. The predicted molar refractivity (Wildman–Crippen MR) is 97.6 cm³/mol. The lowest BCUT2D eigenvalue weighted by Crippen LogP contribution is -2.36. The molecule has 1 fully saturated rings. The summed E-state index contributed by atoms with van der Waals surface area (Å²) in [7, 11) is 0. The van der Waals surface area contributed by atoms with E-state index in [1.165, 1.54) is 6.92 Å². The predicted octanol–water partition coefficient (Wildman–Crippen LogP) is 3.10. The van der Waals surface area contributed by atoms with Crippen molar-refractivity contribution in [3.63, 3.8) is 0 Å². The number of benzene rings is 1. The fraction of sp³-hybridized carbons (Fsp3) is 0.556. The number of carbonyl (C=O) groups is 2. The van der Waals surface area contributed by atoms with Gasteiger partial charge in [-0.25, -0.2) is 0 Å². The first-order valence-electron chi connectivity index (χ1n) is 8.45. The normalized spacial score (nSPS) is 16.1. The van der Waals surface area contributed by atoms with Crippen molar-refractivity contribution < 1.29 is 9.59 Å². The largest absolute Gasteiger partial charge is 0.337 e. The smallest absolute Gasteiger partial charge is 0.255 e. The van der Waals surface area contributed by atoms with E-state index in [2.05, 4.69) is 24.1 Å². The Morgan fingerprint density at radius 3 is 2.58 bits per heavy atom. The quantitative estimate of drug-likeness (QED) is 0.906. The van der Waals surface area contributed by atoms with Crippen molar-refractivity contribution in [3.05, 3.63) is 28.8 Å². The molecular formula is C18H26ClN3O2. The van der Waals surface area contributed by atoms with Crippen LogP contribution in [-0.4, -0.2) is 54.3 Å². The van der Waals surface area contributed by atoms with Gasteiger partial charge in [0.05, 0.1) is 10.6 Å². The highest BCUT2D eigenvalue weighted by atomic mass is 35.5. The highest BCUT2D eigenvalue weighted by molar-refractivity contribution is 6.34. The lowest BCUT2D eigenvalue weighted by atomic mass is 10.1. The fourth-order valence-corrected chi connectivity index (χ4v) is 3.27. The summed E-state index contributed by atoms with van der Waals surface area (Å²) in [5, 5.41) is 3.04. The fourth-order valence-electron chi connectivity index (χ4n) is 3.01. The minimum absolute atomic E-state index is 0.0410. The van der Waals surface area contributed by atoms with Crippen molar-refractivity contribution in [1.29, 1.82) is 0 Å². The van der Waals surface area contributed by atoms with Crippen molar-refractivity contribution in [2.75, 3.05) is 38.0 Å². The first-order chi connectivity index (χ1) is 11.4. The monoisotopic (exact) mass is 351 g/mol. The van der Waals surface area contributed by atoms with Gasteiger partial charge in [0.1, 0.15) is 0 Å². The summed E-state index contributed by atoms with van der Waals surface area (Å²) in [5.41, 5.74) is 1.09. The molecule has 0 aliphatic carbocycles. The average Bonchev–Trinajstić information content (AvgIpc) is 2.71. The van der Waals surface area contributed by atoms with E-state index in [4.69, 9.17) is 11.6 Å². The Kier molecular flexibility index (Phi) is 6.63. The molecule has 0 saturated carbocycles. The van der Waals surface area contributed by atoms with E-state index in [9.17, 15) is 9.59 Å². The molecule has 1 heterocycles. The minimum atomic E-state index is -0.164. The van der Waals surface area contributed by atoms with Crippen molar-refractivity contribution in [2.24, 2.45) is 5.92 Å². The summed E-state index contributed by atoms with van der Waals surface area (Å²) in [6.45, 7) is 10.3. The molecule has 1 N–H and O–H groups in total. The second-order valence-electron chi connectivity index (χ2n) is 6.72. The van der Waals surface area contributed by atoms with E-state index in [-0.39, 0.29) is 11.8 Å². The molecule has 1 aliphatic heterocycles. The van der Waals surface area contributed by atoms with Crippen LogP contribution in [-0.2, 0) is 4.79 Å². The molecule has 24 heavy (non-hydrogen) atoms. The van der Waals surface area contributed by atoms with Gasteiger partial charge in [0.2, 0.25) is 5.91 Å². The molecule has 2 rings (SSSR count). The first-order valence-corrected chi connectivity index (χ1v) is 8.83. The van der Waals surface area contributed by atoms with E-state index >= 15 is 0 Å². The number of hydrogen-bond donors (Lipinski definition) is 1. The van der Waals surface area contributed by atoms with Gasteiger partial charge in [-0.2, -0.15) is 0 Å². The molecule has 1 aliphatic rings. The molecule has 0 unspecified atom stereocenters. The van der Waals surface area contributed by atoms with Gasteiger partial charge in [-0.1, -0.05) is 25.4 Å². The molecule has 0 radical (unpaired) electrons. The second-order valence-corrected chi connectivity index (χ2v) is 7.12. The molecule has 2 amide bonds. The molecule has 0 aromatic heterocycles. The maximum atomic E-state index is 12.8. The highest BCUT2D eigenvalue weighted by Gasteiger charge is 2.22. The molecule has 1 saturated heterocycles. The number of nitrogens with one attached hydrogen (secondary N) is 1. The van der Waals surface area contributed by atoms with Gasteiger partial charge in [-0.05, 0) is 37.1 Å². The van der Waals surface area contributed by atoms with Crippen LogP contribution in [0.4, 0.5) is 5.69 Å². The van der Waals surface area contributed by atoms with Crippen molar-refractivity contribution in [1.82, 2.24) is 9.80 Å². The van der Waals surface area contributed by atoms with Crippen LogP contribution < -0.4 is 5.32 Å². The van der Waals surface area contributed by atoms with Crippen LogP contribution in [0.1, 0.15) is 37.6 Å². The highest BCUT2D eigenvalue weighted by Crippen LogP contribution is 2.23. The van der Waals surface area contributed by atoms with E-state index in [0.717, 1.165) is 39.1 Å². The molecule has 0 atom stereocenters. The Morgan fingerprint density at radius 1 is 1.21 bits per heavy atom. The van der Waals surface area contributed by atoms with Gasteiger partial charge in [-0.15, -0.1) is 0 Å². The first kappa shape index (κ1) is 18.7. The Hall–Kier alpha value is -1.59. The van der Waals surface area contributed by atoms with Crippen LogP contribution in [0.3, 0.4) is 0 Å². The van der Waals surface area contributed by atoms with Gasteiger partial charge >= 0.3 is 0 Å². The number of halogens is 1. The lowest BCUT2D eigenvalue weighted by Gasteiger charge is -2.23. The number of amides is 2. The molecule has 132 valence electrons. The Labute approximate surface area is 149 Å². The van der Waals surface area contributed by atoms with Crippen molar-refractivity contribution in [3.8, 4) is 0 Å². The third-order valence-electron chi connectivity index (χ3n) is 4.02. The Bertz CT molecular complexity index is 604. The number of anilines is 1. The third kappa shape index (κ3) is 5.21. The standard InChI is InChI=1S/C18H26ClN3O2/c1-13(2)12-21-7-4-8-22(10-9-21)18(24)16-6-5-15(11-17(16)19)20-14(3)23/h5-6,11,13H,4,7-10,12H2,1-3H3,(H,20,23). The number of hydrogen-bond acceptors (Lipinski definition) is 3. The molecular weight excluding hydrogens is 326 g/mol. The molecule has 1 aromatic carbocycles. The van der Waals surface area contributed by atoms with Gasteiger partial charge in [0, 0.05) is 38.8 Å². The zero-order valence-corrected chi connectivity index (χ0v) is 15.4. The summed E-state index contributed by atoms with van der Waals surface area (Å²) in [6.07, 6.45) is 0.972.